The molecule has 0 aliphatic carbocycles. The fourth-order valence-corrected chi connectivity index (χ4v) is 2.89. The third kappa shape index (κ3) is 4.15. The summed E-state index contributed by atoms with van der Waals surface area (Å²) in [6, 6.07) is 5.61. The van der Waals surface area contributed by atoms with Crippen molar-refractivity contribution in [2.75, 3.05) is 0 Å². The zero-order valence-corrected chi connectivity index (χ0v) is 14.6. The number of amides is 1. The van der Waals surface area contributed by atoms with Crippen molar-refractivity contribution < 1.29 is 13.9 Å². The van der Waals surface area contributed by atoms with E-state index in [-0.39, 0.29) is 11.7 Å². The molecule has 2 aromatic rings. The molecule has 0 fully saturated rings. The van der Waals surface area contributed by atoms with E-state index in [2.05, 4.69) is 20.1 Å². The van der Waals surface area contributed by atoms with Crippen LogP contribution in [-0.2, 0) is 24.3 Å². The second-order valence-electron chi connectivity index (χ2n) is 6.74. The lowest BCUT2D eigenvalue weighted by Crippen LogP contribution is -2.46. The number of hydrogen-bond donors (Lipinski definition) is 1. The minimum atomic E-state index is -1.08. The van der Waals surface area contributed by atoms with E-state index in [0.29, 0.717) is 12.3 Å². The van der Waals surface area contributed by atoms with Gasteiger partial charge in [-0.2, -0.15) is 0 Å². The van der Waals surface area contributed by atoms with Crippen LogP contribution in [0.4, 0.5) is 4.39 Å². The number of nitrogens with one attached hydrogen (secondary N) is 1. The maximum Gasteiger partial charge on any atom is 0.263 e. The van der Waals surface area contributed by atoms with Gasteiger partial charge in [-0.1, -0.05) is 6.42 Å². The van der Waals surface area contributed by atoms with Gasteiger partial charge in [0.2, 0.25) is 0 Å². The minimum Gasteiger partial charge on any atom is -0.478 e. The third-order valence-corrected chi connectivity index (χ3v) is 4.33. The predicted molar refractivity (Wildman–Crippen MR) is 90.5 cm³/mol. The fourth-order valence-electron chi connectivity index (χ4n) is 2.89. The maximum atomic E-state index is 13.0. The molecule has 0 spiro atoms. The van der Waals surface area contributed by atoms with Crippen LogP contribution in [0.3, 0.4) is 0 Å². The predicted octanol–water partition coefficient (Wildman–Crippen LogP) is 2.62. The number of aryl methyl sites for hydroxylation is 1. The Hall–Kier alpha value is -2.44. The van der Waals surface area contributed by atoms with Gasteiger partial charge in [0.15, 0.2) is 11.4 Å². The number of aromatic nitrogens is 3. The lowest BCUT2D eigenvalue weighted by molar-refractivity contribution is -0.134. The monoisotopic (exact) mass is 346 g/mol. The molecule has 1 amide bonds. The number of nitrogens with zero attached hydrogens (tertiary/aromatic N) is 3. The Bertz CT molecular complexity index is 740. The van der Waals surface area contributed by atoms with Gasteiger partial charge in [-0.15, -0.1) is 10.2 Å². The van der Waals surface area contributed by atoms with Crippen LogP contribution < -0.4 is 10.1 Å². The first-order valence-electron chi connectivity index (χ1n) is 8.59. The van der Waals surface area contributed by atoms with Gasteiger partial charge >= 0.3 is 0 Å². The first-order chi connectivity index (χ1) is 12.0. The van der Waals surface area contributed by atoms with Gasteiger partial charge in [0.25, 0.3) is 5.91 Å². The largest absolute Gasteiger partial charge is 0.478 e. The minimum absolute atomic E-state index is 0.261. The molecule has 2 heterocycles. The van der Waals surface area contributed by atoms with Crippen LogP contribution in [-0.4, -0.2) is 26.3 Å². The smallest absolute Gasteiger partial charge is 0.263 e. The zero-order chi connectivity index (χ0) is 17.9. The summed E-state index contributed by atoms with van der Waals surface area (Å²) in [5.74, 6) is 1.59. The van der Waals surface area contributed by atoms with E-state index in [1.165, 1.54) is 30.7 Å². The van der Waals surface area contributed by atoms with Crippen molar-refractivity contribution in [1.29, 1.82) is 0 Å². The Kier molecular flexibility index (Phi) is 5.01. The molecule has 1 aliphatic heterocycles. The van der Waals surface area contributed by atoms with Crippen molar-refractivity contribution in [1.82, 2.24) is 20.1 Å². The number of hydrogen-bond acceptors (Lipinski definition) is 4. The summed E-state index contributed by atoms with van der Waals surface area (Å²) in [6.07, 6.45) is 4.35. The molecule has 0 saturated carbocycles. The molecule has 0 bridgehead atoms. The second kappa shape index (κ2) is 7.21. The zero-order valence-electron chi connectivity index (χ0n) is 14.6. The molecular weight excluding hydrogens is 323 g/mol. The molecule has 0 saturated heterocycles. The first kappa shape index (κ1) is 17.4. The Balaban J connectivity index is 1.61. The Labute approximate surface area is 146 Å². The summed E-state index contributed by atoms with van der Waals surface area (Å²) in [5.41, 5.74) is -1.08. The lowest BCUT2D eigenvalue weighted by atomic mass is 10.1. The SMILES string of the molecule is CC(C)(Oc1ccc(F)cc1)C(=O)NCc1nnc2n1CCCCC2. The van der Waals surface area contributed by atoms with E-state index in [1.54, 1.807) is 13.8 Å². The number of carbonyl (C=O) groups excluding carboxylic acids is 1. The molecule has 1 aromatic carbocycles. The molecule has 1 N–H and O–H groups in total. The lowest BCUT2D eigenvalue weighted by Gasteiger charge is -2.25. The molecule has 0 radical (unpaired) electrons. The Morgan fingerprint density at radius 3 is 2.76 bits per heavy atom. The van der Waals surface area contributed by atoms with E-state index < -0.39 is 5.60 Å². The third-order valence-electron chi connectivity index (χ3n) is 4.33. The van der Waals surface area contributed by atoms with E-state index in [1.807, 2.05) is 0 Å². The number of carbonyl (C=O) groups is 1. The quantitative estimate of drug-likeness (QED) is 0.904. The summed E-state index contributed by atoms with van der Waals surface area (Å²) in [7, 11) is 0. The maximum absolute atomic E-state index is 13.0. The van der Waals surface area contributed by atoms with E-state index in [0.717, 1.165) is 37.5 Å². The van der Waals surface area contributed by atoms with Gasteiger partial charge in [0.1, 0.15) is 17.4 Å². The molecule has 1 aromatic heterocycles. The molecule has 3 rings (SSSR count). The summed E-state index contributed by atoms with van der Waals surface area (Å²) in [4.78, 5) is 12.5. The molecular formula is C18H23FN4O2. The number of ether oxygens (including phenoxy) is 1. The molecule has 0 unspecified atom stereocenters. The van der Waals surface area contributed by atoms with Gasteiger partial charge < -0.3 is 14.6 Å². The first-order valence-corrected chi connectivity index (χ1v) is 8.59. The molecule has 134 valence electrons. The van der Waals surface area contributed by atoms with Crippen LogP contribution in [0.5, 0.6) is 5.75 Å². The Morgan fingerprint density at radius 2 is 2.00 bits per heavy atom. The average molecular weight is 346 g/mol. The highest BCUT2D eigenvalue weighted by molar-refractivity contribution is 5.84. The second-order valence-corrected chi connectivity index (χ2v) is 6.74. The van der Waals surface area contributed by atoms with Crippen molar-refractivity contribution in [2.45, 2.75) is 58.2 Å². The van der Waals surface area contributed by atoms with Gasteiger partial charge in [-0.25, -0.2) is 4.39 Å². The Morgan fingerprint density at radius 1 is 1.24 bits per heavy atom. The van der Waals surface area contributed by atoms with Crippen LogP contribution in [0.15, 0.2) is 24.3 Å². The van der Waals surface area contributed by atoms with Gasteiger partial charge in [-0.05, 0) is 51.0 Å². The van der Waals surface area contributed by atoms with Crippen LogP contribution in [0.2, 0.25) is 0 Å². The van der Waals surface area contributed by atoms with Crippen molar-refractivity contribution >= 4 is 5.91 Å². The van der Waals surface area contributed by atoms with Gasteiger partial charge in [0.05, 0.1) is 6.54 Å². The van der Waals surface area contributed by atoms with Gasteiger partial charge in [0, 0.05) is 13.0 Å². The average Bonchev–Trinajstić information content (AvgIpc) is 2.81. The normalized spacial score (nSPS) is 14.5. The standard InChI is InChI=1S/C18H23FN4O2/c1-18(2,25-14-9-7-13(19)8-10-14)17(24)20-12-16-22-21-15-6-4-3-5-11-23(15)16/h7-10H,3-6,11-12H2,1-2H3,(H,20,24). The van der Waals surface area contributed by atoms with Crippen molar-refractivity contribution in [3.05, 3.63) is 41.7 Å². The number of fused-ring (bicyclic) bond motifs is 1. The summed E-state index contributed by atoms with van der Waals surface area (Å²) >= 11 is 0. The number of benzene rings is 1. The molecule has 1 aliphatic rings. The molecule has 25 heavy (non-hydrogen) atoms. The summed E-state index contributed by atoms with van der Waals surface area (Å²) in [6.45, 7) is 4.55. The van der Waals surface area contributed by atoms with Crippen LogP contribution >= 0.6 is 0 Å². The highest BCUT2D eigenvalue weighted by Crippen LogP contribution is 2.19. The molecule has 0 atom stereocenters. The van der Waals surface area contributed by atoms with Crippen LogP contribution in [0.1, 0.15) is 44.8 Å². The fraction of sp³-hybridized carbons (Fsp3) is 0.500. The van der Waals surface area contributed by atoms with Crippen LogP contribution in [0.25, 0.3) is 0 Å². The number of halogens is 1. The highest BCUT2D eigenvalue weighted by atomic mass is 19.1. The molecule has 7 heteroatoms. The number of rotatable bonds is 5. The van der Waals surface area contributed by atoms with Gasteiger partial charge in [-0.3, -0.25) is 4.79 Å². The van der Waals surface area contributed by atoms with Crippen molar-refractivity contribution in [2.24, 2.45) is 0 Å². The molecule has 6 nitrogen and oxygen atoms in total. The van der Waals surface area contributed by atoms with Crippen LogP contribution in [0, 0.1) is 5.82 Å². The van der Waals surface area contributed by atoms with Crippen molar-refractivity contribution in [3.63, 3.8) is 0 Å². The van der Waals surface area contributed by atoms with E-state index >= 15 is 0 Å². The van der Waals surface area contributed by atoms with Crippen molar-refractivity contribution in [3.8, 4) is 5.75 Å². The highest BCUT2D eigenvalue weighted by Gasteiger charge is 2.30. The summed E-state index contributed by atoms with van der Waals surface area (Å²) in [5, 5.41) is 11.3. The van der Waals surface area contributed by atoms with E-state index in [4.69, 9.17) is 4.74 Å². The topological polar surface area (TPSA) is 69.0 Å². The van der Waals surface area contributed by atoms with E-state index in [9.17, 15) is 9.18 Å². The summed E-state index contributed by atoms with van der Waals surface area (Å²) < 4.78 is 20.8.